The maximum atomic E-state index is 12.9. The first kappa shape index (κ1) is 17.0. The van der Waals surface area contributed by atoms with Crippen molar-refractivity contribution in [3.05, 3.63) is 47.4 Å². The Morgan fingerprint density at radius 2 is 1.92 bits per heavy atom. The van der Waals surface area contributed by atoms with Crippen LogP contribution < -0.4 is 10.1 Å². The van der Waals surface area contributed by atoms with Gasteiger partial charge < -0.3 is 10.1 Å². The van der Waals surface area contributed by atoms with Crippen LogP contribution in [0, 0.1) is 6.92 Å². The van der Waals surface area contributed by atoms with Crippen LogP contribution in [0.2, 0.25) is 0 Å². The van der Waals surface area contributed by atoms with Gasteiger partial charge in [0, 0.05) is 17.3 Å². The Kier molecular flexibility index (Phi) is 4.23. The molecule has 0 spiro atoms. The van der Waals surface area contributed by atoms with Crippen molar-refractivity contribution in [1.29, 1.82) is 0 Å². The lowest BCUT2D eigenvalue weighted by Gasteiger charge is -2.18. The number of anilines is 1. The molecule has 0 aliphatic heterocycles. The van der Waals surface area contributed by atoms with Crippen molar-refractivity contribution in [3.63, 3.8) is 0 Å². The molecular weight excluding hydrogens is 335 g/mol. The Morgan fingerprint density at radius 1 is 1.20 bits per heavy atom. The Labute approximate surface area is 141 Å². The highest BCUT2D eigenvalue weighted by atomic mass is 19.4. The van der Waals surface area contributed by atoms with E-state index in [1.165, 1.54) is 0 Å². The van der Waals surface area contributed by atoms with E-state index in [1.807, 2.05) is 31.2 Å². The first-order valence-electron chi connectivity index (χ1n) is 7.50. The molecular formula is C16H16F3N5O. The zero-order valence-electron chi connectivity index (χ0n) is 13.8. The number of hydrogen-bond acceptors (Lipinski definition) is 5. The molecule has 1 N–H and O–H groups in total. The number of aryl methyl sites for hydroxylation is 1. The van der Waals surface area contributed by atoms with E-state index in [1.54, 1.807) is 20.1 Å². The molecule has 0 saturated heterocycles. The number of para-hydroxylation sites is 1. The van der Waals surface area contributed by atoms with Gasteiger partial charge in [-0.1, -0.05) is 18.2 Å². The van der Waals surface area contributed by atoms with Crippen LogP contribution in [0.15, 0.2) is 30.3 Å². The highest BCUT2D eigenvalue weighted by Crippen LogP contribution is 2.29. The van der Waals surface area contributed by atoms with E-state index < -0.39 is 12.0 Å². The Morgan fingerprint density at radius 3 is 2.60 bits per heavy atom. The second kappa shape index (κ2) is 6.23. The van der Waals surface area contributed by atoms with Gasteiger partial charge in [-0.25, -0.2) is 4.98 Å². The lowest BCUT2D eigenvalue weighted by molar-refractivity contribution is -0.144. The van der Waals surface area contributed by atoms with Gasteiger partial charge >= 0.3 is 6.18 Å². The van der Waals surface area contributed by atoms with Crippen LogP contribution in [-0.2, 0) is 6.18 Å². The zero-order chi connectivity index (χ0) is 18.2. The fraction of sp³-hybridized carbons (Fsp3) is 0.312. The number of nitrogens with one attached hydrogen (secondary N) is 1. The van der Waals surface area contributed by atoms with Gasteiger partial charge in [0.15, 0.2) is 0 Å². The summed E-state index contributed by atoms with van der Waals surface area (Å²) in [5.41, 5.74) is 1.40. The monoisotopic (exact) mass is 351 g/mol. The minimum atomic E-state index is -4.63. The summed E-state index contributed by atoms with van der Waals surface area (Å²) >= 11 is 0. The third-order valence-electron chi connectivity index (χ3n) is 3.66. The second-order valence-corrected chi connectivity index (χ2v) is 5.54. The van der Waals surface area contributed by atoms with Crippen LogP contribution >= 0.6 is 0 Å². The number of ether oxygens (including phenoxy) is 1. The summed E-state index contributed by atoms with van der Waals surface area (Å²) in [5.74, 6) is -0.288. The number of rotatable bonds is 4. The molecule has 0 bridgehead atoms. The van der Waals surface area contributed by atoms with E-state index in [0.717, 1.165) is 10.1 Å². The standard InChI is InChI=1S/C16H16F3N5O/c1-9-8-13(21-10(2)11-6-4-5-7-12(11)25-3)24-15(20-9)22-14(23-24)16(17,18)19/h4-8,10,21H,1-3H3/t10-/m1/s1. The highest BCUT2D eigenvalue weighted by Gasteiger charge is 2.37. The molecule has 6 nitrogen and oxygen atoms in total. The fourth-order valence-corrected chi connectivity index (χ4v) is 2.53. The molecule has 9 heteroatoms. The van der Waals surface area contributed by atoms with Crippen molar-refractivity contribution in [1.82, 2.24) is 19.6 Å². The van der Waals surface area contributed by atoms with Crippen LogP contribution in [-0.4, -0.2) is 26.7 Å². The molecule has 0 unspecified atom stereocenters. The summed E-state index contributed by atoms with van der Waals surface area (Å²) in [6.07, 6.45) is -4.63. The van der Waals surface area contributed by atoms with Crippen molar-refractivity contribution < 1.29 is 17.9 Å². The minimum Gasteiger partial charge on any atom is -0.496 e. The molecule has 0 amide bonds. The maximum Gasteiger partial charge on any atom is 0.453 e. The van der Waals surface area contributed by atoms with Gasteiger partial charge in [-0.3, -0.25) is 0 Å². The number of benzene rings is 1. The number of alkyl halides is 3. The third-order valence-corrected chi connectivity index (χ3v) is 3.66. The van der Waals surface area contributed by atoms with Gasteiger partial charge in [0.25, 0.3) is 11.6 Å². The Hall–Kier alpha value is -2.84. The van der Waals surface area contributed by atoms with Crippen molar-refractivity contribution >= 4 is 11.6 Å². The summed E-state index contributed by atoms with van der Waals surface area (Å²) in [6.45, 7) is 3.56. The number of hydrogen-bond donors (Lipinski definition) is 1. The van der Waals surface area contributed by atoms with Gasteiger partial charge in [-0.15, -0.1) is 5.10 Å². The van der Waals surface area contributed by atoms with Crippen LogP contribution in [0.4, 0.5) is 19.0 Å². The number of halogens is 3. The summed E-state index contributed by atoms with van der Waals surface area (Å²) in [4.78, 5) is 7.48. The zero-order valence-corrected chi connectivity index (χ0v) is 13.8. The predicted molar refractivity (Wildman–Crippen MR) is 85.6 cm³/mol. The lowest BCUT2D eigenvalue weighted by atomic mass is 10.1. The van der Waals surface area contributed by atoms with E-state index in [4.69, 9.17) is 4.74 Å². The molecule has 3 aromatic rings. The first-order valence-corrected chi connectivity index (χ1v) is 7.50. The number of aromatic nitrogens is 4. The van der Waals surface area contributed by atoms with Gasteiger partial charge in [0.1, 0.15) is 11.6 Å². The topological polar surface area (TPSA) is 64.3 Å². The third kappa shape index (κ3) is 3.35. The highest BCUT2D eigenvalue weighted by molar-refractivity contribution is 5.48. The Bertz CT molecular complexity index is 906. The smallest absolute Gasteiger partial charge is 0.453 e. The molecule has 132 valence electrons. The molecule has 25 heavy (non-hydrogen) atoms. The van der Waals surface area contributed by atoms with E-state index in [-0.39, 0.29) is 11.8 Å². The lowest BCUT2D eigenvalue weighted by Crippen LogP contribution is -2.13. The van der Waals surface area contributed by atoms with Crippen LogP contribution in [0.3, 0.4) is 0 Å². The van der Waals surface area contributed by atoms with E-state index in [2.05, 4.69) is 20.4 Å². The van der Waals surface area contributed by atoms with Crippen molar-refractivity contribution in [2.24, 2.45) is 0 Å². The van der Waals surface area contributed by atoms with Crippen molar-refractivity contribution in [2.75, 3.05) is 12.4 Å². The average Bonchev–Trinajstić information content (AvgIpc) is 2.99. The molecule has 1 atom stereocenters. The maximum absolute atomic E-state index is 12.9. The normalized spacial score (nSPS) is 13.0. The minimum absolute atomic E-state index is 0.109. The van der Waals surface area contributed by atoms with Crippen LogP contribution in [0.1, 0.15) is 30.0 Å². The van der Waals surface area contributed by atoms with E-state index in [9.17, 15) is 13.2 Å². The molecule has 2 aromatic heterocycles. The summed E-state index contributed by atoms with van der Waals surface area (Å²) < 4.78 is 45.0. The number of fused-ring (bicyclic) bond motifs is 1. The SMILES string of the molecule is COc1ccccc1[C@@H](C)Nc1cc(C)nc2nc(C(F)(F)F)nn12. The molecule has 0 radical (unpaired) electrons. The van der Waals surface area contributed by atoms with Crippen LogP contribution in [0.5, 0.6) is 5.75 Å². The first-order chi connectivity index (χ1) is 11.8. The molecule has 3 rings (SSSR count). The number of nitrogens with zero attached hydrogens (tertiary/aromatic N) is 4. The summed E-state index contributed by atoms with van der Waals surface area (Å²) in [6, 6.07) is 8.79. The molecule has 0 saturated carbocycles. The molecule has 0 aliphatic carbocycles. The van der Waals surface area contributed by atoms with Gasteiger partial charge in [-0.2, -0.15) is 22.7 Å². The van der Waals surface area contributed by atoms with Gasteiger partial charge in [0.05, 0.1) is 13.2 Å². The second-order valence-electron chi connectivity index (χ2n) is 5.54. The Balaban J connectivity index is 2.02. The molecule has 1 aromatic carbocycles. The van der Waals surface area contributed by atoms with Crippen molar-refractivity contribution in [2.45, 2.75) is 26.1 Å². The molecule has 0 aliphatic rings. The molecule has 2 heterocycles. The summed E-state index contributed by atoms with van der Waals surface area (Å²) in [7, 11) is 1.56. The quantitative estimate of drug-likeness (QED) is 0.778. The summed E-state index contributed by atoms with van der Waals surface area (Å²) in [5, 5.41) is 6.69. The van der Waals surface area contributed by atoms with E-state index >= 15 is 0 Å². The van der Waals surface area contributed by atoms with Gasteiger partial charge in [0.2, 0.25) is 0 Å². The predicted octanol–water partition coefficient (Wildman–Crippen LogP) is 3.63. The average molecular weight is 351 g/mol. The van der Waals surface area contributed by atoms with Gasteiger partial charge in [-0.05, 0) is 19.9 Å². The van der Waals surface area contributed by atoms with Crippen molar-refractivity contribution in [3.8, 4) is 5.75 Å². The van der Waals surface area contributed by atoms with Crippen LogP contribution in [0.25, 0.3) is 5.78 Å². The fourth-order valence-electron chi connectivity index (χ4n) is 2.53. The van der Waals surface area contributed by atoms with E-state index in [0.29, 0.717) is 17.3 Å². The largest absolute Gasteiger partial charge is 0.496 e. The molecule has 0 fully saturated rings. The number of methoxy groups -OCH3 is 1.